The zero-order valence-corrected chi connectivity index (χ0v) is 8.88. The highest BCUT2D eigenvalue weighted by Gasteiger charge is 2.44. The number of rotatable bonds is 2. The summed E-state index contributed by atoms with van der Waals surface area (Å²) < 4.78 is 5.40. The van der Waals surface area contributed by atoms with E-state index in [2.05, 4.69) is 18.7 Å². The average molecular weight is 183 g/mol. The second-order valence-electron chi connectivity index (χ2n) is 4.77. The molecule has 2 rings (SSSR count). The topological polar surface area (TPSA) is 12.5 Å². The zero-order valence-electron chi connectivity index (χ0n) is 8.88. The van der Waals surface area contributed by atoms with Gasteiger partial charge in [-0.15, -0.1) is 0 Å². The van der Waals surface area contributed by atoms with Crippen LogP contribution in [0.25, 0.3) is 0 Å². The summed E-state index contributed by atoms with van der Waals surface area (Å²) in [6, 6.07) is 0.786. The van der Waals surface area contributed by atoms with Gasteiger partial charge in [-0.3, -0.25) is 4.90 Å². The van der Waals surface area contributed by atoms with Crippen LogP contribution in [0.2, 0.25) is 0 Å². The summed E-state index contributed by atoms with van der Waals surface area (Å²) in [6.07, 6.45) is 3.87. The molecule has 0 radical (unpaired) electrons. The summed E-state index contributed by atoms with van der Waals surface area (Å²) in [7, 11) is 0. The van der Waals surface area contributed by atoms with Crippen molar-refractivity contribution in [1.82, 2.24) is 4.90 Å². The lowest BCUT2D eigenvalue weighted by atomic mass is 9.73. The van der Waals surface area contributed by atoms with Crippen LogP contribution in [0.4, 0.5) is 0 Å². The third kappa shape index (κ3) is 1.75. The Morgan fingerprint density at radius 3 is 2.46 bits per heavy atom. The normalized spacial score (nSPS) is 30.0. The van der Waals surface area contributed by atoms with Crippen LogP contribution in [0.15, 0.2) is 0 Å². The Balaban J connectivity index is 1.81. The van der Waals surface area contributed by atoms with Crippen LogP contribution < -0.4 is 0 Å². The molecule has 1 spiro atoms. The summed E-state index contributed by atoms with van der Waals surface area (Å²) >= 11 is 0. The maximum Gasteiger partial charge on any atom is 0.0472 e. The molecule has 2 heteroatoms. The Labute approximate surface area is 81.3 Å². The van der Waals surface area contributed by atoms with Crippen molar-refractivity contribution in [3.63, 3.8) is 0 Å². The fraction of sp³-hybridized carbons (Fsp3) is 1.00. The smallest absolute Gasteiger partial charge is 0.0472 e. The van der Waals surface area contributed by atoms with Crippen molar-refractivity contribution >= 4 is 0 Å². The first-order chi connectivity index (χ1) is 6.26. The van der Waals surface area contributed by atoms with Crippen molar-refractivity contribution in [3.05, 3.63) is 0 Å². The van der Waals surface area contributed by atoms with E-state index in [4.69, 9.17) is 4.74 Å². The second-order valence-corrected chi connectivity index (χ2v) is 4.77. The fourth-order valence-electron chi connectivity index (χ4n) is 2.51. The van der Waals surface area contributed by atoms with Crippen molar-refractivity contribution in [2.45, 2.75) is 39.2 Å². The fourth-order valence-corrected chi connectivity index (χ4v) is 2.51. The predicted molar refractivity (Wildman–Crippen MR) is 53.8 cm³/mol. The minimum absolute atomic E-state index is 0.654. The molecule has 2 saturated heterocycles. The molecule has 0 amide bonds. The maximum atomic E-state index is 5.40. The maximum absolute atomic E-state index is 5.40. The molecule has 0 aromatic rings. The van der Waals surface area contributed by atoms with Gasteiger partial charge in [-0.25, -0.2) is 0 Å². The van der Waals surface area contributed by atoms with E-state index in [0.29, 0.717) is 5.41 Å². The van der Waals surface area contributed by atoms with E-state index in [0.717, 1.165) is 19.3 Å². The van der Waals surface area contributed by atoms with Crippen LogP contribution in [0.1, 0.15) is 33.1 Å². The summed E-state index contributed by atoms with van der Waals surface area (Å²) in [5.41, 5.74) is 0.654. The summed E-state index contributed by atoms with van der Waals surface area (Å²) in [5.74, 6) is 0. The summed E-state index contributed by atoms with van der Waals surface area (Å²) in [6.45, 7) is 9.26. The van der Waals surface area contributed by atoms with Crippen LogP contribution >= 0.6 is 0 Å². The molecule has 1 atom stereocenters. The van der Waals surface area contributed by atoms with Gasteiger partial charge < -0.3 is 4.74 Å². The molecule has 2 aliphatic rings. The molecule has 76 valence electrons. The Kier molecular flexibility index (Phi) is 2.61. The average Bonchev–Trinajstić information content (AvgIpc) is 2.14. The van der Waals surface area contributed by atoms with E-state index in [1.807, 2.05) is 0 Å². The van der Waals surface area contributed by atoms with Gasteiger partial charge in [0.25, 0.3) is 0 Å². The molecular formula is C11H21NO. The Bertz CT molecular complexity index is 167. The highest BCUT2D eigenvalue weighted by Crippen LogP contribution is 2.40. The number of hydrogen-bond acceptors (Lipinski definition) is 2. The van der Waals surface area contributed by atoms with Gasteiger partial charge in [0, 0.05) is 37.8 Å². The first-order valence-corrected chi connectivity index (χ1v) is 5.57. The Morgan fingerprint density at radius 2 is 1.92 bits per heavy atom. The van der Waals surface area contributed by atoms with E-state index < -0.39 is 0 Å². The van der Waals surface area contributed by atoms with Gasteiger partial charge in [0.1, 0.15) is 0 Å². The molecule has 0 aromatic carbocycles. The summed E-state index contributed by atoms with van der Waals surface area (Å²) in [5, 5.41) is 0. The number of nitrogens with zero attached hydrogens (tertiary/aromatic N) is 1. The van der Waals surface area contributed by atoms with Crippen LogP contribution in [-0.4, -0.2) is 37.2 Å². The summed E-state index contributed by atoms with van der Waals surface area (Å²) in [4.78, 5) is 2.62. The molecule has 0 bridgehead atoms. The van der Waals surface area contributed by atoms with Gasteiger partial charge in [-0.1, -0.05) is 6.92 Å². The molecule has 0 aromatic heterocycles. The van der Waals surface area contributed by atoms with E-state index in [1.54, 1.807) is 0 Å². The lowest BCUT2D eigenvalue weighted by Crippen LogP contribution is -2.60. The quantitative estimate of drug-likeness (QED) is 0.648. The molecule has 2 aliphatic heterocycles. The van der Waals surface area contributed by atoms with Crippen molar-refractivity contribution in [2.24, 2.45) is 5.41 Å². The van der Waals surface area contributed by atoms with Gasteiger partial charge in [0.2, 0.25) is 0 Å². The molecular weight excluding hydrogens is 162 g/mol. The number of likely N-dealkylation sites (tertiary alicyclic amines) is 1. The van der Waals surface area contributed by atoms with E-state index in [1.165, 1.54) is 32.4 Å². The third-order valence-electron chi connectivity index (χ3n) is 3.84. The van der Waals surface area contributed by atoms with Gasteiger partial charge in [-0.2, -0.15) is 0 Å². The lowest BCUT2D eigenvalue weighted by molar-refractivity contribution is -0.0948. The first kappa shape index (κ1) is 9.47. The standard InChI is InChI=1S/C11H21NO/c1-3-10(2)12-8-11(9-12)4-6-13-7-5-11/h10H,3-9H2,1-2H3. The molecule has 0 N–H and O–H groups in total. The van der Waals surface area contributed by atoms with Gasteiger partial charge in [0.15, 0.2) is 0 Å². The minimum Gasteiger partial charge on any atom is -0.381 e. The van der Waals surface area contributed by atoms with E-state index in [9.17, 15) is 0 Å². The molecule has 13 heavy (non-hydrogen) atoms. The monoisotopic (exact) mass is 183 g/mol. The van der Waals surface area contributed by atoms with Crippen molar-refractivity contribution in [3.8, 4) is 0 Å². The minimum atomic E-state index is 0.654. The Morgan fingerprint density at radius 1 is 1.31 bits per heavy atom. The lowest BCUT2D eigenvalue weighted by Gasteiger charge is -2.54. The molecule has 2 fully saturated rings. The molecule has 2 heterocycles. The third-order valence-corrected chi connectivity index (χ3v) is 3.84. The SMILES string of the molecule is CCC(C)N1CC2(CCOCC2)C1. The first-order valence-electron chi connectivity index (χ1n) is 5.57. The second kappa shape index (κ2) is 3.58. The van der Waals surface area contributed by atoms with Crippen LogP contribution in [0, 0.1) is 5.41 Å². The molecule has 1 unspecified atom stereocenters. The number of ether oxygens (including phenoxy) is 1. The Hall–Kier alpha value is -0.0800. The molecule has 2 nitrogen and oxygen atoms in total. The van der Waals surface area contributed by atoms with Crippen LogP contribution in [0.5, 0.6) is 0 Å². The zero-order chi connectivity index (χ0) is 9.31. The highest BCUT2D eigenvalue weighted by atomic mass is 16.5. The van der Waals surface area contributed by atoms with Crippen molar-refractivity contribution in [1.29, 1.82) is 0 Å². The van der Waals surface area contributed by atoms with Crippen LogP contribution in [-0.2, 0) is 4.74 Å². The van der Waals surface area contributed by atoms with E-state index in [-0.39, 0.29) is 0 Å². The van der Waals surface area contributed by atoms with Gasteiger partial charge in [-0.05, 0) is 26.2 Å². The molecule has 0 aliphatic carbocycles. The van der Waals surface area contributed by atoms with Crippen molar-refractivity contribution in [2.75, 3.05) is 26.3 Å². The van der Waals surface area contributed by atoms with Gasteiger partial charge in [0.05, 0.1) is 0 Å². The molecule has 0 saturated carbocycles. The predicted octanol–water partition coefficient (Wildman–Crippen LogP) is 1.90. The van der Waals surface area contributed by atoms with Crippen molar-refractivity contribution < 1.29 is 4.74 Å². The van der Waals surface area contributed by atoms with Gasteiger partial charge >= 0.3 is 0 Å². The largest absolute Gasteiger partial charge is 0.381 e. The number of hydrogen-bond donors (Lipinski definition) is 0. The highest BCUT2D eigenvalue weighted by molar-refractivity contribution is 4.97. The van der Waals surface area contributed by atoms with Crippen LogP contribution in [0.3, 0.4) is 0 Å². The van der Waals surface area contributed by atoms with E-state index >= 15 is 0 Å².